The van der Waals surface area contributed by atoms with Crippen LogP contribution in [0.25, 0.3) is 0 Å². The van der Waals surface area contributed by atoms with Gasteiger partial charge in [0.15, 0.2) is 0 Å². The molecule has 0 atom stereocenters. The Hall–Kier alpha value is -3.69. The molecular formula is C15H14O10. The summed E-state index contributed by atoms with van der Waals surface area (Å²) in [4.78, 5) is 57.4. The highest BCUT2D eigenvalue weighted by molar-refractivity contribution is 5.91. The molecule has 0 radical (unpaired) electrons. The molecule has 0 aromatic carbocycles. The predicted molar refractivity (Wildman–Crippen MR) is 79.3 cm³/mol. The van der Waals surface area contributed by atoms with Gasteiger partial charge in [-0.25, -0.2) is 24.0 Å². The van der Waals surface area contributed by atoms with Gasteiger partial charge in [-0.2, -0.15) is 0 Å². The molecule has 0 unspecified atom stereocenters. The van der Waals surface area contributed by atoms with E-state index in [1.54, 1.807) is 0 Å². The zero-order valence-electron chi connectivity index (χ0n) is 12.8. The van der Waals surface area contributed by atoms with Gasteiger partial charge >= 0.3 is 41.9 Å². The molecule has 0 aliphatic heterocycles. The number of esters is 4. The van der Waals surface area contributed by atoms with E-state index in [-0.39, 0.29) is 0 Å². The molecule has 10 nitrogen and oxygen atoms in total. The van der Waals surface area contributed by atoms with Crippen molar-refractivity contribution in [1.29, 1.82) is 0 Å². The van der Waals surface area contributed by atoms with Crippen molar-refractivity contribution in [3.63, 3.8) is 0 Å². The van der Waals surface area contributed by atoms with E-state index in [9.17, 15) is 29.1 Å². The van der Waals surface area contributed by atoms with Crippen LogP contribution in [0.5, 0.6) is 0 Å². The molecule has 10 heteroatoms. The summed E-state index contributed by atoms with van der Waals surface area (Å²) in [6, 6.07) is 0. The van der Waals surface area contributed by atoms with Crippen molar-refractivity contribution in [2.45, 2.75) is 12.1 Å². The maximum atomic E-state index is 11.6. The van der Waals surface area contributed by atoms with Gasteiger partial charge < -0.3 is 24.1 Å². The van der Waals surface area contributed by atoms with E-state index in [1.807, 2.05) is 0 Å². The molecule has 0 fully saturated rings. The van der Waals surface area contributed by atoms with Crippen LogP contribution in [0.2, 0.25) is 0 Å². The number of hydrogen-bond acceptors (Lipinski definition) is 9. The average Bonchev–Trinajstić information content (AvgIpc) is 2.59. The van der Waals surface area contributed by atoms with Crippen LogP contribution in [0.3, 0.4) is 0 Å². The van der Waals surface area contributed by atoms with Gasteiger partial charge in [0.25, 0.3) is 0 Å². The van der Waals surface area contributed by atoms with Crippen LogP contribution in [-0.4, -0.2) is 47.0 Å². The summed E-state index contributed by atoms with van der Waals surface area (Å²) in [6.07, 6.45) is -0.297. The van der Waals surface area contributed by atoms with Crippen molar-refractivity contribution >= 4 is 29.8 Å². The van der Waals surface area contributed by atoms with Gasteiger partial charge in [0, 0.05) is 24.3 Å². The summed E-state index contributed by atoms with van der Waals surface area (Å²) in [5.41, 5.74) is 0. The van der Waals surface area contributed by atoms with Crippen molar-refractivity contribution < 1.29 is 48.0 Å². The van der Waals surface area contributed by atoms with E-state index in [1.165, 1.54) is 0 Å². The highest BCUT2D eigenvalue weighted by Crippen LogP contribution is 2.25. The van der Waals surface area contributed by atoms with Crippen molar-refractivity contribution in [1.82, 2.24) is 0 Å². The van der Waals surface area contributed by atoms with Gasteiger partial charge in [0.05, 0.1) is 0 Å². The summed E-state index contributed by atoms with van der Waals surface area (Å²) in [5.74, 6) is -10.9. The van der Waals surface area contributed by atoms with E-state index >= 15 is 0 Å². The minimum atomic E-state index is -3.38. The van der Waals surface area contributed by atoms with Crippen LogP contribution in [0.15, 0.2) is 50.6 Å². The van der Waals surface area contributed by atoms with Crippen molar-refractivity contribution in [2.75, 3.05) is 0 Å². The Kier molecular flexibility index (Phi) is 8.05. The second-order valence-corrected chi connectivity index (χ2v) is 3.84. The van der Waals surface area contributed by atoms with E-state index < -0.39 is 41.9 Å². The first-order valence-electron chi connectivity index (χ1n) is 6.27. The molecule has 25 heavy (non-hydrogen) atoms. The first-order chi connectivity index (χ1) is 11.7. The highest BCUT2D eigenvalue weighted by Gasteiger charge is 2.59. The van der Waals surface area contributed by atoms with Gasteiger partial charge in [0.1, 0.15) is 0 Å². The minimum Gasteiger partial charge on any atom is -0.475 e. The summed E-state index contributed by atoms with van der Waals surface area (Å²) in [5, 5.41) is 9.40. The van der Waals surface area contributed by atoms with Crippen LogP contribution in [0.1, 0.15) is 0 Å². The predicted octanol–water partition coefficient (Wildman–Crippen LogP) is 0.0102. The SMILES string of the molecule is C=CC(=O)OC(OC(=O)C=C)C(OC(=O)C=C)(OC(=O)C=C)C(=O)O. The van der Waals surface area contributed by atoms with Crippen LogP contribution in [0, 0.1) is 0 Å². The zero-order valence-corrected chi connectivity index (χ0v) is 12.8. The second-order valence-electron chi connectivity index (χ2n) is 3.84. The number of rotatable bonds is 10. The third-order valence-corrected chi connectivity index (χ3v) is 2.23. The fourth-order valence-electron chi connectivity index (χ4n) is 1.17. The number of carboxylic acid groups (broad SMARTS) is 1. The quantitative estimate of drug-likeness (QED) is 0.324. The molecule has 1 N–H and O–H groups in total. The third kappa shape index (κ3) is 5.78. The largest absolute Gasteiger partial charge is 0.475 e. The lowest BCUT2D eigenvalue weighted by atomic mass is 10.2. The molecule has 0 heterocycles. The lowest BCUT2D eigenvalue weighted by molar-refractivity contribution is -0.300. The smallest absolute Gasteiger partial charge is 0.432 e. The monoisotopic (exact) mass is 354 g/mol. The standard InChI is InChI=1S/C15H14O10/c1-5-9(16)22-14(23-10(17)6-2)15(13(20)21,24-11(18)7-3)25-12(19)8-4/h5-8,14H,1-4H2,(H,20,21). The Balaban J connectivity index is 6.26. The molecular weight excluding hydrogens is 340 g/mol. The number of hydrogen-bond donors (Lipinski definition) is 1. The second kappa shape index (κ2) is 9.45. The van der Waals surface area contributed by atoms with Crippen LogP contribution in [-0.2, 0) is 42.9 Å². The Labute approximate surface area is 141 Å². The van der Waals surface area contributed by atoms with E-state index in [2.05, 4.69) is 45.3 Å². The fourth-order valence-corrected chi connectivity index (χ4v) is 1.17. The molecule has 0 aromatic heterocycles. The Morgan fingerprint density at radius 1 is 0.720 bits per heavy atom. The molecule has 0 saturated carbocycles. The maximum Gasteiger partial charge on any atom is 0.432 e. The summed E-state index contributed by atoms with van der Waals surface area (Å²) in [7, 11) is 0. The average molecular weight is 354 g/mol. The number of carbonyl (C=O) groups excluding carboxylic acids is 4. The molecule has 0 aromatic rings. The molecule has 0 amide bonds. The van der Waals surface area contributed by atoms with Crippen LogP contribution in [0.4, 0.5) is 0 Å². The van der Waals surface area contributed by atoms with Crippen molar-refractivity contribution in [3.8, 4) is 0 Å². The summed E-state index contributed by atoms with van der Waals surface area (Å²) < 4.78 is 18.1. The Bertz CT molecular complexity index is 586. The van der Waals surface area contributed by atoms with Gasteiger partial charge in [-0.1, -0.05) is 26.3 Å². The lowest BCUT2D eigenvalue weighted by Crippen LogP contribution is -2.58. The molecule has 0 spiro atoms. The van der Waals surface area contributed by atoms with E-state index in [0.717, 1.165) is 0 Å². The fraction of sp³-hybridized carbons (Fsp3) is 0.133. The summed E-state index contributed by atoms with van der Waals surface area (Å²) >= 11 is 0. The minimum absolute atomic E-state index is 0.529. The van der Waals surface area contributed by atoms with Gasteiger partial charge in [0.2, 0.25) is 0 Å². The topological polar surface area (TPSA) is 142 Å². The first-order valence-corrected chi connectivity index (χ1v) is 6.27. The van der Waals surface area contributed by atoms with E-state index in [4.69, 9.17) is 0 Å². The molecule has 0 rings (SSSR count). The zero-order chi connectivity index (χ0) is 19.6. The molecule has 134 valence electrons. The maximum absolute atomic E-state index is 11.6. The lowest BCUT2D eigenvalue weighted by Gasteiger charge is -2.32. The number of carbonyl (C=O) groups is 5. The third-order valence-electron chi connectivity index (χ3n) is 2.23. The Morgan fingerprint density at radius 2 is 1.04 bits per heavy atom. The van der Waals surface area contributed by atoms with Gasteiger partial charge in [-0.3, -0.25) is 0 Å². The first kappa shape index (κ1) is 21.3. The van der Waals surface area contributed by atoms with Gasteiger partial charge in [-0.15, -0.1) is 0 Å². The van der Waals surface area contributed by atoms with E-state index in [0.29, 0.717) is 24.3 Å². The Morgan fingerprint density at radius 3 is 1.28 bits per heavy atom. The highest BCUT2D eigenvalue weighted by atomic mass is 16.8. The van der Waals surface area contributed by atoms with Crippen LogP contribution < -0.4 is 0 Å². The van der Waals surface area contributed by atoms with Gasteiger partial charge in [-0.05, 0) is 0 Å². The van der Waals surface area contributed by atoms with Crippen molar-refractivity contribution in [2.24, 2.45) is 0 Å². The number of ether oxygens (including phenoxy) is 4. The molecule has 0 saturated heterocycles. The number of aliphatic carboxylic acids is 1. The normalized spacial score (nSPS) is 9.96. The van der Waals surface area contributed by atoms with Crippen LogP contribution >= 0.6 is 0 Å². The molecule has 0 bridgehead atoms. The summed E-state index contributed by atoms with van der Waals surface area (Å²) in [6.45, 7) is 12.2. The molecule has 0 aliphatic carbocycles. The number of carboxylic acids is 1. The van der Waals surface area contributed by atoms with Crippen molar-refractivity contribution in [3.05, 3.63) is 50.6 Å². The molecule has 0 aliphatic rings.